The molecule has 0 bridgehead atoms. The molecule has 0 saturated carbocycles. The van der Waals surface area contributed by atoms with E-state index in [1.807, 2.05) is 6.07 Å². The van der Waals surface area contributed by atoms with Crippen LogP contribution < -0.4 is 4.74 Å². The fraction of sp³-hybridized carbons (Fsp3) is 0.364. The van der Waals surface area contributed by atoms with E-state index in [1.54, 1.807) is 12.1 Å². The first-order valence-electron chi connectivity index (χ1n) is 4.71. The number of aliphatic hydroxyl groups excluding tert-OH is 1. The van der Waals surface area contributed by atoms with E-state index >= 15 is 0 Å². The Kier molecular flexibility index (Phi) is 5.16. The molecule has 0 aromatic heterocycles. The van der Waals surface area contributed by atoms with Gasteiger partial charge in [0, 0.05) is 11.1 Å². The maximum Gasteiger partial charge on any atom is 0.137 e. The zero-order valence-corrected chi connectivity index (χ0v) is 9.83. The molecule has 0 radical (unpaired) electrons. The maximum absolute atomic E-state index is 8.85. The second kappa shape index (κ2) is 6.44. The highest BCUT2D eigenvalue weighted by atomic mass is 79.9. The van der Waals surface area contributed by atoms with Crippen LogP contribution in [0.3, 0.4) is 0 Å². The Hall–Kier alpha value is -1.05. The minimum Gasteiger partial charge on any atom is -0.492 e. The zero-order chi connectivity index (χ0) is 11.1. The lowest BCUT2D eigenvalue weighted by molar-refractivity contribution is 0.253. The van der Waals surface area contributed by atoms with Crippen molar-refractivity contribution >= 4 is 15.9 Å². The summed E-state index contributed by atoms with van der Waals surface area (Å²) in [7, 11) is 0. The Morgan fingerprint density at radius 2 is 2.20 bits per heavy atom. The molecule has 0 atom stereocenters. The van der Waals surface area contributed by atoms with Crippen molar-refractivity contribution in [2.45, 2.75) is 12.8 Å². The molecule has 0 saturated heterocycles. The Morgan fingerprint density at radius 1 is 1.40 bits per heavy atom. The molecule has 0 aliphatic heterocycles. The van der Waals surface area contributed by atoms with Gasteiger partial charge in [-0.3, -0.25) is 0 Å². The number of aliphatic hydroxyl groups is 1. The van der Waals surface area contributed by atoms with Crippen LogP contribution in [0.1, 0.15) is 18.4 Å². The highest BCUT2D eigenvalue weighted by Gasteiger charge is 2.03. The Bertz CT molecular complexity index is 360. The molecule has 0 aliphatic carbocycles. The van der Waals surface area contributed by atoms with Gasteiger partial charge < -0.3 is 9.84 Å². The maximum atomic E-state index is 8.85. The molecule has 1 N–H and O–H groups in total. The zero-order valence-electron chi connectivity index (χ0n) is 8.24. The largest absolute Gasteiger partial charge is 0.492 e. The van der Waals surface area contributed by atoms with Crippen LogP contribution in [0.15, 0.2) is 22.7 Å². The minimum absolute atomic E-state index is 0.175. The molecule has 0 aliphatic rings. The molecule has 3 nitrogen and oxygen atoms in total. The van der Waals surface area contributed by atoms with Gasteiger partial charge in [-0.15, -0.1) is 0 Å². The van der Waals surface area contributed by atoms with Gasteiger partial charge in [-0.2, -0.15) is 5.26 Å². The molecular formula is C11H12BrNO2. The van der Waals surface area contributed by atoms with Gasteiger partial charge in [0.2, 0.25) is 0 Å². The third-order valence-corrected chi connectivity index (χ3v) is 2.37. The molecule has 1 aromatic rings. The lowest BCUT2D eigenvalue weighted by atomic mass is 10.2. The van der Waals surface area contributed by atoms with Crippen molar-refractivity contribution in [3.63, 3.8) is 0 Å². The summed E-state index contributed by atoms with van der Waals surface area (Å²) in [6, 6.07) is 7.40. The predicted molar refractivity (Wildman–Crippen MR) is 60.7 cm³/mol. The number of nitrogens with zero attached hydrogens (tertiary/aromatic N) is 1. The molecule has 0 heterocycles. The number of unbranched alkanes of at least 4 members (excludes halogenated alkanes) is 1. The van der Waals surface area contributed by atoms with E-state index in [4.69, 9.17) is 15.1 Å². The lowest BCUT2D eigenvalue weighted by Gasteiger charge is -2.07. The summed E-state index contributed by atoms with van der Waals surface area (Å²) in [6.07, 6.45) is 1.51. The molecule has 15 heavy (non-hydrogen) atoms. The average Bonchev–Trinajstić information content (AvgIpc) is 2.26. The number of nitriles is 1. The fourth-order valence-electron chi connectivity index (χ4n) is 1.11. The topological polar surface area (TPSA) is 53.2 Å². The summed E-state index contributed by atoms with van der Waals surface area (Å²) in [4.78, 5) is 0. The summed E-state index contributed by atoms with van der Waals surface area (Å²) >= 11 is 3.29. The van der Waals surface area contributed by atoms with Crippen LogP contribution in [0.25, 0.3) is 0 Å². The number of hydrogen-bond donors (Lipinski definition) is 1. The molecule has 1 rings (SSSR count). The molecule has 0 fully saturated rings. The monoisotopic (exact) mass is 269 g/mol. The van der Waals surface area contributed by atoms with Crippen molar-refractivity contribution in [1.29, 1.82) is 5.26 Å². The fourth-order valence-corrected chi connectivity index (χ4v) is 1.47. The van der Waals surface area contributed by atoms with Crippen LogP contribution >= 0.6 is 15.9 Å². The quantitative estimate of drug-likeness (QED) is 0.836. The summed E-state index contributed by atoms with van der Waals surface area (Å²) in [5, 5.41) is 17.4. The highest BCUT2D eigenvalue weighted by molar-refractivity contribution is 9.10. The van der Waals surface area contributed by atoms with Crippen LogP contribution in [-0.4, -0.2) is 18.3 Å². The van der Waals surface area contributed by atoms with Gasteiger partial charge in [0.25, 0.3) is 0 Å². The van der Waals surface area contributed by atoms with Crippen LogP contribution in [0, 0.1) is 11.3 Å². The SMILES string of the molecule is N#Cc1cc(Br)ccc1OCCCCO. The van der Waals surface area contributed by atoms with E-state index in [0.717, 1.165) is 17.3 Å². The second-order valence-electron chi connectivity index (χ2n) is 3.03. The van der Waals surface area contributed by atoms with E-state index < -0.39 is 0 Å². The standard InChI is InChI=1S/C11H12BrNO2/c12-10-3-4-11(9(7-10)8-13)15-6-2-1-5-14/h3-4,7,14H,1-2,5-6H2. The number of ether oxygens (including phenoxy) is 1. The minimum atomic E-state index is 0.175. The molecule has 1 aromatic carbocycles. The van der Waals surface area contributed by atoms with Crippen molar-refractivity contribution in [2.24, 2.45) is 0 Å². The van der Waals surface area contributed by atoms with Gasteiger partial charge in [-0.1, -0.05) is 15.9 Å². The molecule has 0 spiro atoms. The normalized spacial score (nSPS) is 9.67. The van der Waals surface area contributed by atoms with Crippen LogP contribution in [0.5, 0.6) is 5.75 Å². The molecule has 0 amide bonds. The van der Waals surface area contributed by atoms with Crippen LogP contribution in [-0.2, 0) is 0 Å². The van der Waals surface area contributed by atoms with Crippen molar-refractivity contribution in [3.8, 4) is 11.8 Å². The van der Waals surface area contributed by atoms with Gasteiger partial charge in [0.05, 0.1) is 12.2 Å². The summed E-state index contributed by atoms with van der Waals surface area (Å²) in [5.74, 6) is 0.596. The number of halogens is 1. The van der Waals surface area contributed by atoms with E-state index in [0.29, 0.717) is 17.9 Å². The first-order chi connectivity index (χ1) is 7.27. The third-order valence-electron chi connectivity index (χ3n) is 1.87. The van der Waals surface area contributed by atoms with E-state index in [2.05, 4.69) is 22.0 Å². The Morgan fingerprint density at radius 3 is 2.87 bits per heavy atom. The number of rotatable bonds is 5. The Balaban J connectivity index is 2.57. The summed E-state index contributed by atoms with van der Waals surface area (Å²) in [5.41, 5.74) is 0.522. The summed E-state index contributed by atoms with van der Waals surface area (Å²) < 4.78 is 6.29. The van der Waals surface area contributed by atoms with Gasteiger partial charge in [0.1, 0.15) is 11.8 Å². The van der Waals surface area contributed by atoms with E-state index in [9.17, 15) is 0 Å². The first kappa shape index (κ1) is 12.0. The molecular weight excluding hydrogens is 258 g/mol. The van der Waals surface area contributed by atoms with Crippen molar-refractivity contribution in [3.05, 3.63) is 28.2 Å². The van der Waals surface area contributed by atoms with Gasteiger partial charge in [0.15, 0.2) is 0 Å². The predicted octanol–water partition coefficient (Wildman–Crippen LogP) is 2.47. The average molecular weight is 270 g/mol. The first-order valence-corrected chi connectivity index (χ1v) is 5.50. The smallest absolute Gasteiger partial charge is 0.137 e. The molecule has 80 valence electrons. The van der Waals surface area contributed by atoms with Crippen LogP contribution in [0.2, 0.25) is 0 Å². The van der Waals surface area contributed by atoms with Crippen LogP contribution in [0.4, 0.5) is 0 Å². The van der Waals surface area contributed by atoms with Gasteiger partial charge >= 0.3 is 0 Å². The van der Waals surface area contributed by atoms with Crippen molar-refractivity contribution in [2.75, 3.05) is 13.2 Å². The van der Waals surface area contributed by atoms with Crippen molar-refractivity contribution in [1.82, 2.24) is 0 Å². The molecule has 4 heteroatoms. The van der Waals surface area contributed by atoms with E-state index in [-0.39, 0.29) is 6.61 Å². The van der Waals surface area contributed by atoms with E-state index in [1.165, 1.54) is 0 Å². The highest BCUT2D eigenvalue weighted by Crippen LogP contribution is 2.22. The lowest BCUT2D eigenvalue weighted by Crippen LogP contribution is -2.00. The Labute approximate surface area is 97.4 Å². The van der Waals surface area contributed by atoms with Gasteiger partial charge in [-0.25, -0.2) is 0 Å². The van der Waals surface area contributed by atoms with Gasteiger partial charge in [-0.05, 0) is 31.0 Å². The number of benzene rings is 1. The second-order valence-corrected chi connectivity index (χ2v) is 3.95. The molecule has 0 unspecified atom stereocenters. The third kappa shape index (κ3) is 3.90. The van der Waals surface area contributed by atoms with Crippen molar-refractivity contribution < 1.29 is 9.84 Å². The number of hydrogen-bond acceptors (Lipinski definition) is 3. The summed E-state index contributed by atoms with van der Waals surface area (Å²) in [6.45, 7) is 0.700.